The minimum atomic E-state index is -0.839. The number of carbonyl (C=O) groups is 1. The van der Waals surface area contributed by atoms with E-state index in [2.05, 4.69) is 5.32 Å². The van der Waals surface area contributed by atoms with Crippen LogP contribution in [0.25, 0.3) is 0 Å². The third kappa shape index (κ3) is 2.83. The van der Waals surface area contributed by atoms with Crippen LogP contribution in [-0.2, 0) is 4.79 Å². The Morgan fingerprint density at radius 1 is 1.12 bits per heavy atom. The first-order valence-corrected chi connectivity index (χ1v) is 9.04. The van der Waals surface area contributed by atoms with E-state index in [-0.39, 0.29) is 29.8 Å². The number of amides is 1. The summed E-state index contributed by atoms with van der Waals surface area (Å²) in [4.78, 5) is 12.6. The van der Waals surface area contributed by atoms with Gasteiger partial charge in [-0.3, -0.25) is 4.79 Å². The summed E-state index contributed by atoms with van der Waals surface area (Å²) in [6.07, 6.45) is 6.04. The molecule has 4 rings (SSSR count). The van der Waals surface area contributed by atoms with Crippen LogP contribution in [0.1, 0.15) is 50.0 Å². The van der Waals surface area contributed by atoms with Gasteiger partial charge in [0.25, 0.3) is 0 Å². The Morgan fingerprint density at radius 2 is 1.83 bits per heavy atom. The fraction of sp³-hybridized carbons (Fsp3) is 0.632. The number of benzene rings is 1. The summed E-state index contributed by atoms with van der Waals surface area (Å²) < 4.78 is 27.3. The number of rotatable bonds is 3. The molecule has 3 nitrogen and oxygen atoms in total. The monoisotopic (exact) mass is 334 g/mol. The van der Waals surface area contributed by atoms with Crippen LogP contribution >= 0.6 is 0 Å². The molecule has 3 aliphatic rings. The highest BCUT2D eigenvalue weighted by molar-refractivity contribution is 5.83. The summed E-state index contributed by atoms with van der Waals surface area (Å²) in [6, 6.07) is 4.68. The highest BCUT2D eigenvalue weighted by Gasteiger charge is 2.48. The van der Waals surface area contributed by atoms with Crippen molar-refractivity contribution in [1.29, 1.82) is 0 Å². The summed E-state index contributed by atoms with van der Waals surface area (Å²) in [7, 11) is 0. The van der Waals surface area contributed by atoms with Gasteiger partial charge < -0.3 is 11.1 Å². The largest absolute Gasteiger partial charge is 0.353 e. The second-order valence-corrected chi connectivity index (χ2v) is 7.81. The SMILES string of the molecule is NC1CC2CCCC(C1)C2NC(=O)C1CC1c1cccc(F)c1F. The van der Waals surface area contributed by atoms with Crippen molar-refractivity contribution in [2.75, 3.05) is 0 Å². The molecule has 4 unspecified atom stereocenters. The molecule has 1 amide bonds. The number of hydrogen-bond acceptors (Lipinski definition) is 2. The number of nitrogens with two attached hydrogens (primary N) is 1. The van der Waals surface area contributed by atoms with Crippen molar-refractivity contribution < 1.29 is 13.6 Å². The van der Waals surface area contributed by atoms with Gasteiger partial charge in [0.15, 0.2) is 11.6 Å². The fourth-order valence-corrected chi connectivity index (χ4v) is 4.93. The highest BCUT2D eigenvalue weighted by atomic mass is 19.2. The average molecular weight is 334 g/mol. The standard InChI is InChI=1S/C19H24F2N2O/c20-16-6-2-5-13(17(16)21)14-9-15(14)19(24)23-18-10-3-1-4-11(18)8-12(22)7-10/h2,5-6,10-12,14-15,18H,1,3-4,7-9,22H2,(H,23,24). The number of hydrogen-bond donors (Lipinski definition) is 2. The predicted octanol–water partition coefficient (Wildman–Crippen LogP) is 3.09. The molecule has 4 atom stereocenters. The summed E-state index contributed by atoms with van der Waals surface area (Å²) in [5, 5.41) is 3.23. The molecule has 3 aliphatic carbocycles. The van der Waals surface area contributed by atoms with Gasteiger partial charge >= 0.3 is 0 Å². The van der Waals surface area contributed by atoms with Gasteiger partial charge in [0, 0.05) is 18.0 Å². The van der Waals surface area contributed by atoms with Gasteiger partial charge in [-0.2, -0.15) is 0 Å². The summed E-state index contributed by atoms with van der Waals surface area (Å²) in [6.45, 7) is 0. The van der Waals surface area contributed by atoms with Crippen LogP contribution in [0.15, 0.2) is 18.2 Å². The molecule has 0 radical (unpaired) electrons. The number of carbonyl (C=O) groups excluding carboxylic acids is 1. The van der Waals surface area contributed by atoms with Crippen molar-refractivity contribution in [3.8, 4) is 0 Å². The van der Waals surface area contributed by atoms with Gasteiger partial charge in [-0.25, -0.2) is 8.78 Å². The minimum Gasteiger partial charge on any atom is -0.353 e. The zero-order valence-corrected chi connectivity index (χ0v) is 13.7. The molecule has 130 valence electrons. The maximum absolute atomic E-state index is 13.9. The van der Waals surface area contributed by atoms with Crippen molar-refractivity contribution >= 4 is 5.91 Å². The third-order valence-corrected chi connectivity index (χ3v) is 6.19. The molecule has 1 aromatic rings. The zero-order chi connectivity index (χ0) is 16.8. The Hall–Kier alpha value is -1.49. The van der Waals surface area contributed by atoms with Gasteiger partial charge in [-0.1, -0.05) is 18.6 Å². The molecule has 3 fully saturated rings. The normalized spacial score (nSPS) is 37.8. The number of fused-ring (bicyclic) bond motifs is 2. The van der Waals surface area contributed by atoms with Gasteiger partial charge in [-0.05, 0) is 61.5 Å². The van der Waals surface area contributed by atoms with E-state index in [0.29, 0.717) is 23.8 Å². The Labute approximate surface area is 141 Å². The van der Waals surface area contributed by atoms with Crippen molar-refractivity contribution in [2.24, 2.45) is 23.5 Å². The maximum atomic E-state index is 13.9. The van der Waals surface area contributed by atoms with Gasteiger partial charge in [0.1, 0.15) is 0 Å². The first-order valence-electron chi connectivity index (χ1n) is 9.04. The molecule has 3 saturated carbocycles. The van der Waals surface area contributed by atoms with Crippen molar-refractivity contribution in [3.05, 3.63) is 35.4 Å². The lowest BCUT2D eigenvalue weighted by atomic mass is 9.67. The molecular formula is C19H24F2N2O. The second kappa shape index (κ2) is 6.10. The second-order valence-electron chi connectivity index (χ2n) is 7.81. The van der Waals surface area contributed by atoms with E-state index < -0.39 is 11.6 Å². The van der Waals surface area contributed by atoms with Crippen LogP contribution in [0.2, 0.25) is 0 Å². The molecule has 24 heavy (non-hydrogen) atoms. The zero-order valence-electron chi connectivity index (χ0n) is 13.7. The lowest BCUT2D eigenvalue weighted by Gasteiger charge is -2.45. The molecule has 2 bridgehead atoms. The molecule has 5 heteroatoms. The van der Waals surface area contributed by atoms with Crippen LogP contribution in [0.4, 0.5) is 8.78 Å². The highest BCUT2D eigenvalue weighted by Crippen LogP contribution is 2.49. The minimum absolute atomic E-state index is 0.000956. The molecule has 0 heterocycles. The average Bonchev–Trinajstić information content (AvgIpc) is 3.31. The van der Waals surface area contributed by atoms with Crippen LogP contribution < -0.4 is 11.1 Å². The van der Waals surface area contributed by atoms with Crippen LogP contribution in [0.5, 0.6) is 0 Å². The van der Waals surface area contributed by atoms with Crippen LogP contribution in [-0.4, -0.2) is 18.0 Å². The van der Waals surface area contributed by atoms with Crippen molar-refractivity contribution in [1.82, 2.24) is 5.32 Å². The Morgan fingerprint density at radius 3 is 2.54 bits per heavy atom. The van der Waals surface area contributed by atoms with E-state index in [1.165, 1.54) is 12.5 Å². The Bertz CT molecular complexity index is 636. The van der Waals surface area contributed by atoms with Gasteiger partial charge in [0.2, 0.25) is 5.91 Å². The predicted molar refractivity (Wildman–Crippen MR) is 87.2 cm³/mol. The van der Waals surface area contributed by atoms with Crippen LogP contribution in [0, 0.1) is 29.4 Å². The van der Waals surface area contributed by atoms with E-state index in [1.807, 2.05) is 0 Å². The topological polar surface area (TPSA) is 55.1 Å². The molecule has 0 spiro atoms. The summed E-state index contributed by atoms with van der Waals surface area (Å²) in [5.41, 5.74) is 6.46. The molecule has 0 aliphatic heterocycles. The van der Waals surface area contributed by atoms with Gasteiger partial charge in [0.05, 0.1) is 0 Å². The van der Waals surface area contributed by atoms with E-state index in [1.54, 1.807) is 6.07 Å². The summed E-state index contributed by atoms with van der Waals surface area (Å²) in [5.74, 6) is -1.11. The quantitative estimate of drug-likeness (QED) is 0.892. The smallest absolute Gasteiger partial charge is 0.223 e. The molecule has 0 aromatic heterocycles. The van der Waals surface area contributed by atoms with Crippen LogP contribution in [0.3, 0.4) is 0 Å². The van der Waals surface area contributed by atoms with E-state index >= 15 is 0 Å². The number of nitrogens with one attached hydrogen (secondary N) is 1. The first-order chi connectivity index (χ1) is 11.5. The Kier molecular flexibility index (Phi) is 4.07. The summed E-state index contributed by atoms with van der Waals surface area (Å²) >= 11 is 0. The molecule has 0 saturated heterocycles. The fourth-order valence-electron chi connectivity index (χ4n) is 4.93. The van der Waals surface area contributed by atoms with E-state index in [4.69, 9.17) is 5.73 Å². The van der Waals surface area contributed by atoms with Gasteiger partial charge in [-0.15, -0.1) is 0 Å². The molecule has 3 N–H and O–H groups in total. The maximum Gasteiger partial charge on any atom is 0.223 e. The Balaban J connectivity index is 1.42. The first kappa shape index (κ1) is 16.0. The van der Waals surface area contributed by atoms with Crippen molar-refractivity contribution in [2.45, 2.75) is 56.5 Å². The third-order valence-electron chi connectivity index (χ3n) is 6.19. The number of halogens is 2. The molecule has 1 aromatic carbocycles. The molecular weight excluding hydrogens is 310 g/mol. The van der Waals surface area contributed by atoms with E-state index in [0.717, 1.165) is 31.7 Å². The lowest BCUT2D eigenvalue weighted by molar-refractivity contribution is -0.124. The lowest BCUT2D eigenvalue weighted by Crippen LogP contribution is -2.54. The van der Waals surface area contributed by atoms with E-state index in [9.17, 15) is 13.6 Å². The van der Waals surface area contributed by atoms with Crippen molar-refractivity contribution in [3.63, 3.8) is 0 Å².